The van der Waals surface area contributed by atoms with Gasteiger partial charge in [0.2, 0.25) is 0 Å². The Morgan fingerprint density at radius 2 is 2.11 bits per heavy atom. The van der Waals surface area contributed by atoms with Gasteiger partial charge in [-0.15, -0.1) is 0 Å². The fraction of sp³-hybridized carbons (Fsp3) is 0.533. The van der Waals surface area contributed by atoms with Crippen LogP contribution >= 0.6 is 0 Å². The maximum absolute atomic E-state index is 12.3. The minimum absolute atomic E-state index is 0.107. The molecule has 1 atom stereocenters. The van der Waals surface area contributed by atoms with Crippen LogP contribution in [0.25, 0.3) is 0 Å². The van der Waals surface area contributed by atoms with Crippen LogP contribution in [0.4, 0.5) is 0 Å². The van der Waals surface area contributed by atoms with Gasteiger partial charge in [0.25, 0.3) is 0 Å². The third kappa shape index (κ3) is 3.18. The van der Waals surface area contributed by atoms with E-state index in [-0.39, 0.29) is 11.9 Å². The molecule has 1 aliphatic rings. The van der Waals surface area contributed by atoms with Gasteiger partial charge in [0.05, 0.1) is 6.61 Å². The summed E-state index contributed by atoms with van der Waals surface area (Å²) in [7, 11) is 0. The number of rotatable bonds is 4. The van der Waals surface area contributed by atoms with Gasteiger partial charge in [0.1, 0.15) is 6.10 Å². The predicted octanol–water partition coefficient (Wildman–Crippen LogP) is 2.29. The number of morpholine rings is 1. The third-order valence-electron chi connectivity index (χ3n) is 3.32. The number of ketones is 1. The average Bonchev–Trinajstić information content (AvgIpc) is 2.39. The number of aryl methyl sites for hydroxylation is 1. The van der Waals surface area contributed by atoms with E-state index in [4.69, 9.17) is 4.74 Å². The van der Waals surface area contributed by atoms with Gasteiger partial charge in [0, 0.05) is 18.7 Å². The fourth-order valence-electron chi connectivity index (χ4n) is 2.28. The first-order valence-corrected chi connectivity index (χ1v) is 6.65. The molecule has 1 fully saturated rings. The molecule has 2 rings (SSSR count). The molecule has 0 saturated carbocycles. The van der Waals surface area contributed by atoms with E-state index in [1.165, 1.54) is 5.56 Å². The molecule has 0 aliphatic carbocycles. The molecule has 1 saturated heterocycles. The second-order valence-electron chi connectivity index (χ2n) is 4.89. The number of ether oxygens (including phenoxy) is 1. The average molecular weight is 247 g/mol. The molecule has 1 heterocycles. The Morgan fingerprint density at radius 3 is 2.78 bits per heavy atom. The van der Waals surface area contributed by atoms with Crippen molar-refractivity contribution >= 4 is 5.78 Å². The van der Waals surface area contributed by atoms with E-state index >= 15 is 0 Å². The second-order valence-corrected chi connectivity index (χ2v) is 4.89. The predicted molar refractivity (Wildman–Crippen MR) is 72.0 cm³/mol. The summed E-state index contributed by atoms with van der Waals surface area (Å²) in [5, 5.41) is 0. The van der Waals surface area contributed by atoms with Crippen molar-refractivity contribution in [3.05, 3.63) is 35.4 Å². The van der Waals surface area contributed by atoms with Crippen molar-refractivity contribution in [1.82, 2.24) is 4.90 Å². The first kappa shape index (κ1) is 13.2. The van der Waals surface area contributed by atoms with Crippen LogP contribution in [0.5, 0.6) is 0 Å². The highest BCUT2D eigenvalue weighted by atomic mass is 16.5. The molecular formula is C15H21NO2. The minimum Gasteiger partial charge on any atom is -0.367 e. The van der Waals surface area contributed by atoms with E-state index in [0.717, 1.165) is 31.6 Å². The highest BCUT2D eigenvalue weighted by Gasteiger charge is 2.26. The quantitative estimate of drug-likeness (QED) is 0.765. The molecule has 1 aromatic carbocycles. The maximum atomic E-state index is 12.3. The van der Waals surface area contributed by atoms with Crippen molar-refractivity contribution < 1.29 is 9.53 Å². The number of nitrogens with zero attached hydrogens (tertiary/aromatic N) is 1. The van der Waals surface area contributed by atoms with Crippen LogP contribution in [0.15, 0.2) is 24.3 Å². The van der Waals surface area contributed by atoms with E-state index in [0.29, 0.717) is 6.61 Å². The maximum Gasteiger partial charge on any atom is 0.192 e. The van der Waals surface area contributed by atoms with Crippen LogP contribution in [-0.2, 0) is 4.74 Å². The molecule has 1 aromatic rings. The molecule has 0 spiro atoms. The molecule has 1 unspecified atom stereocenters. The summed E-state index contributed by atoms with van der Waals surface area (Å²) in [4.78, 5) is 14.6. The number of carbonyl (C=O) groups excluding carboxylic acids is 1. The van der Waals surface area contributed by atoms with Gasteiger partial charge in [-0.1, -0.05) is 36.8 Å². The summed E-state index contributed by atoms with van der Waals surface area (Å²) in [5.41, 5.74) is 1.92. The lowest BCUT2D eigenvalue weighted by atomic mass is 10.0. The molecule has 0 amide bonds. The summed E-state index contributed by atoms with van der Waals surface area (Å²) < 4.78 is 5.61. The molecule has 0 N–H and O–H groups in total. The molecule has 1 aliphatic heterocycles. The van der Waals surface area contributed by atoms with E-state index in [9.17, 15) is 4.79 Å². The van der Waals surface area contributed by atoms with Crippen molar-refractivity contribution in [2.24, 2.45) is 0 Å². The number of carbonyl (C=O) groups is 1. The molecule has 0 radical (unpaired) electrons. The Bertz CT molecular complexity index is 397. The fourth-order valence-corrected chi connectivity index (χ4v) is 2.28. The monoisotopic (exact) mass is 247 g/mol. The first-order chi connectivity index (χ1) is 8.70. The number of benzene rings is 1. The van der Waals surface area contributed by atoms with Gasteiger partial charge in [-0.05, 0) is 19.9 Å². The number of Topliss-reactive ketones (excluding diaryl/α,β-unsaturated/α-hetero) is 1. The number of hydrogen-bond acceptors (Lipinski definition) is 3. The van der Waals surface area contributed by atoms with Crippen molar-refractivity contribution in [1.29, 1.82) is 0 Å². The van der Waals surface area contributed by atoms with Gasteiger partial charge in [0.15, 0.2) is 5.78 Å². The number of hydrogen-bond donors (Lipinski definition) is 0. The molecule has 3 nitrogen and oxygen atoms in total. The second kappa shape index (κ2) is 6.12. The van der Waals surface area contributed by atoms with Crippen LogP contribution in [0.2, 0.25) is 0 Å². The van der Waals surface area contributed by atoms with E-state index in [1.54, 1.807) is 0 Å². The summed E-state index contributed by atoms with van der Waals surface area (Å²) in [6.45, 7) is 7.54. The zero-order valence-corrected chi connectivity index (χ0v) is 11.2. The zero-order chi connectivity index (χ0) is 13.0. The van der Waals surface area contributed by atoms with Gasteiger partial charge >= 0.3 is 0 Å². The summed E-state index contributed by atoms with van der Waals surface area (Å²) in [5.74, 6) is 0.107. The molecule has 0 bridgehead atoms. The summed E-state index contributed by atoms with van der Waals surface area (Å²) in [6.07, 6.45) is 0.818. The molecule has 3 heteroatoms. The largest absolute Gasteiger partial charge is 0.367 e. The lowest BCUT2D eigenvalue weighted by molar-refractivity contribution is -0.0163. The SMILES string of the molecule is CCCN1CCOC(C(=O)c2ccc(C)cc2)C1. The Balaban J connectivity index is 2.02. The Labute approximate surface area is 109 Å². The van der Waals surface area contributed by atoms with Crippen molar-refractivity contribution in [3.63, 3.8) is 0 Å². The standard InChI is InChI=1S/C15H21NO2/c1-3-8-16-9-10-18-14(11-16)15(17)13-6-4-12(2)5-7-13/h4-7,14H,3,8-11H2,1-2H3. The smallest absolute Gasteiger partial charge is 0.192 e. The summed E-state index contributed by atoms with van der Waals surface area (Å²) in [6, 6.07) is 7.72. The topological polar surface area (TPSA) is 29.5 Å². The van der Waals surface area contributed by atoms with Crippen LogP contribution in [0.3, 0.4) is 0 Å². The van der Waals surface area contributed by atoms with Crippen molar-refractivity contribution in [3.8, 4) is 0 Å². The Hall–Kier alpha value is -1.19. The van der Waals surface area contributed by atoms with Crippen LogP contribution in [0, 0.1) is 6.92 Å². The molecule has 98 valence electrons. The van der Waals surface area contributed by atoms with Gasteiger partial charge in [-0.3, -0.25) is 9.69 Å². The van der Waals surface area contributed by atoms with Crippen LogP contribution in [-0.4, -0.2) is 43.0 Å². The van der Waals surface area contributed by atoms with E-state index in [1.807, 2.05) is 31.2 Å². The van der Waals surface area contributed by atoms with Crippen molar-refractivity contribution in [2.45, 2.75) is 26.4 Å². The molecule has 18 heavy (non-hydrogen) atoms. The van der Waals surface area contributed by atoms with Gasteiger partial charge in [-0.2, -0.15) is 0 Å². The Kier molecular flexibility index (Phi) is 4.50. The first-order valence-electron chi connectivity index (χ1n) is 6.65. The van der Waals surface area contributed by atoms with Crippen LogP contribution in [0.1, 0.15) is 29.3 Å². The van der Waals surface area contributed by atoms with Crippen molar-refractivity contribution in [2.75, 3.05) is 26.2 Å². The molecular weight excluding hydrogens is 226 g/mol. The third-order valence-corrected chi connectivity index (χ3v) is 3.32. The van der Waals surface area contributed by atoms with Gasteiger partial charge < -0.3 is 4.74 Å². The highest BCUT2D eigenvalue weighted by molar-refractivity contribution is 5.99. The lowest BCUT2D eigenvalue weighted by Gasteiger charge is -2.31. The zero-order valence-electron chi connectivity index (χ0n) is 11.2. The van der Waals surface area contributed by atoms with E-state index < -0.39 is 0 Å². The molecule has 0 aromatic heterocycles. The van der Waals surface area contributed by atoms with Gasteiger partial charge in [-0.25, -0.2) is 0 Å². The lowest BCUT2D eigenvalue weighted by Crippen LogP contribution is -2.46. The Morgan fingerprint density at radius 1 is 1.39 bits per heavy atom. The normalized spacial score (nSPS) is 20.9. The minimum atomic E-state index is -0.298. The van der Waals surface area contributed by atoms with E-state index in [2.05, 4.69) is 11.8 Å². The summed E-state index contributed by atoms with van der Waals surface area (Å²) >= 11 is 0. The van der Waals surface area contributed by atoms with Crippen LogP contribution < -0.4 is 0 Å². The highest BCUT2D eigenvalue weighted by Crippen LogP contribution is 2.13.